The summed E-state index contributed by atoms with van der Waals surface area (Å²) >= 11 is 0. The number of likely N-dealkylation sites (tertiary alicyclic amines) is 1. The fourth-order valence-electron chi connectivity index (χ4n) is 2.34. The third-order valence-electron chi connectivity index (χ3n) is 3.44. The standard InChI is InChI=1S/C15H16F4N2O3/c16-11-1-3-12(4-2-11)24-6-5-20-14(23)10-7-13(22)21(8-10)9-15(17,18)19/h1-4,10H,5-9H2,(H,20,23)/t10-/m0/s1. The molecule has 2 amide bonds. The van der Waals surface area contributed by atoms with E-state index in [-0.39, 0.29) is 26.1 Å². The summed E-state index contributed by atoms with van der Waals surface area (Å²) in [6, 6.07) is 5.32. The van der Waals surface area contributed by atoms with Crippen molar-refractivity contribution in [3.63, 3.8) is 0 Å². The molecule has 0 aliphatic carbocycles. The Morgan fingerprint density at radius 3 is 2.58 bits per heavy atom. The van der Waals surface area contributed by atoms with E-state index >= 15 is 0 Å². The van der Waals surface area contributed by atoms with Gasteiger partial charge in [-0.05, 0) is 24.3 Å². The van der Waals surface area contributed by atoms with Crippen LogP contribution in [0, 0.1) is 11.7 Å². The maximum atomic E-state index is 12.7. The van der Waals surface area contributed by atoms with Gasteiger partial charge >= 0.3 is 6.18 Å². The molecule has 1 atom stereocenters. The molecule has 0 bridgehead atoms. The van der Waals surface area contributed by atoms with E-state index in [2.05, 4.69) is 5.32 Å². The number of halogens is 4. The highest BCUT2D eigenvalue weighted by Crippen LogP contribution is 2.23. The van der Waals surface area contributed by atoms with Gasteiger partial charge in [-0.2, -0.15) is 13.2 Å². The lowest BCUT2D eigenvalue weighted by Crippen LogP contribution is -2.38. The fourth-order valence-corrected chi connectivity index (χ4v) is 2.34. The van der Waals surface area contributed by atoms with E-state index in [1.807, 2.05) is 0 Å². The molecule has 1 heterocycles. The number of nitrogens with one attached hydrogen (secondary N) is 1. The highest BCUT2D eigenvalue weighted by Gasteiger charge is 2.40. The van der Waals surface area contributed by atoms with Gasteiger partial charge in [0, 0.05) is 13.0 Å². The largest absolute Gasteiger partial charge is 0.492 e. The maximum Gasteiger partial charge on any atom is 0.406 e. The fraction of sp³-hybridized carbons (Fsp3) is 0.467. The number of hydrogen-bond donors (Lipinski definition) is 1. The molecule has 1 aromatic carbocycles. The minimum Gasteiger partial charge on any atom is -0.492 e. The maximum absolute atomic E-state index is 12.7. The zero-order chi connectivity index (χ0) is 17.7. The van der Waals surface area contributed by atoms with Crippen LogP contribution in [0.5, 0.6) is 5.75 Å². The second-order valence-corrected chi connectivity index (χ2v) is 5.38. The molecule has 0 spiro atoms. The summed E-state index contributed by atoms with van der Waals surface area (Å²) in [5.74, 6) is -1.94. The molecule has 0 radical (unpaired) electrons. The third kappa shape index (κ3) is 5.39. The van der Waals surface area contributed by atoms with Gasteiger partial charge in [0.2, 0.25) is 11.8 Å². The highest BCUT2D eigenvalue weighted by atomic mass is 19.4. The summed E-state index contributed by atoms with van der Waals surface area (Å²) in [6.45, 7) is -1.35. The van der Waals surface area contributed by atoms with Crippen LogP contribution in [0.1, 0.15) is 6.42 Å². The number of nitrogens with zero attached hydrogens (tertiary/aromatic N) is 1. The van der Waals surface area contributed by atoms with E-state index in [9.17, 15) is 27.2 Å². The van der Waals surface area contributed by atoms with Crippen molar-refractivity contribution < 1.29 is 31.9 Å². The number of benzene rings is 1. The third-order valence-corrected chi connectivity index (χ3v) is 3.44. The molecule has 0 saturated carbocycles. The van der Waals surface area contributed by atoms with Gasteiger partial charge in [-0.25, -0.2) is 4.39 Å². The van der Waals surface area contributed by atoms with Gasteiger partial charge in [-0.1, -0.05) is 0 Å². The first kappa shape index (κ1) is 18.0. The molecular formula is C15H16F4N2O3. The molecule has 132 valence electrons. The van der Waals surface area contributed by atoms with Crippen LogP contribution in [0.25, 0.3) is 0 Å². The van der Waals surface area contributed by atoms with Gasteiger partial charge < -0.3 is 15.0 Å². The van der Waals surface area contributed by atoms with Crippen molar-refractivity contribution in [1.29, 1.82) is 0 Å². The summed E-state index contributed by atoms with van der Waals surface area (Å²) < 4.78 is 54.9. The Balaban J connectivity index is 1.71. The second-order valence-electron chi connectivity index (χ2n) is 5.38. The van der Waals surface area contributed by atoms with Crippen LogP contribution in [0.4, 0.5) is 17.6 Å². The number of alkyl halides is 3. The minimum absolute atomic E-state index is 0.115. The van der Waals surface area contributed by atoms with Crippen LogP contribution < -0.4 is 10.1 Å². The average molecular weight is 348 g/mol. The summed E-state index contributed by atoms with van der Waals surface area (Å²) in [6.07, 6.45) is -4.72. The lowest BCUT2D eigenvalue weighted by atomic mass is 10.1. The van der Waals surface area contributed by atoms with Gasteiger partial charge in [-0.15, -0.1) is 0 Å². The zero-order valence-electron chi connectivity index (χ0n) is 12.6. The Kier molecular flexibility index (Phi) is 5.63. The number of ether oxygens (including phenoxy) is 1. The minimum atomic E-state index is -4.48. The predicted molar refractivity (Wildman–Crippen MR) is 75.6 cm³/mol. The van der Waals surface area contributed by atoms with E-state index in [1.54, 1.807) is 0 Å². The van der Waals surface area contributed by atoms with E-state index in [4.69, 9.17) is 4.74 Å². The van der Waals surface area contributed by atoms with Gasteiger partial charge in [0.05, 0.1) is 12.5 Å². The average Bonchev–Trinajstić information content (AvgIpc) is 2.84. The molecule has 1 saturated heterocycles. The van der Waals surface area contributed by atoms with Gasteiger partial charge in [-0.3, -0.25) is 9.59 Å². The lowest BCUT2D eigenvalue weighted by Gasteiger charge is -2.18. The zero-order valence-corrected chi connectivity index (χ0v) is 12.6. The van der Waals surface area contributed by atoms with Gasteiger partial charge in [0.25, 0.3) is 0 Å². The molecular weight excluding hydrogens is 332 g/mol. The van der Waals surface area contributed by atoms with Crippen molar-refractivity contribution in [3.8, 4) is 5.75 Å². The first-order chi connectivity index (χ1) is 11.2. The monoisotopic (exact) mass is 348 g/mol. The van der Waals surface area contributed by atoms with E-state index < -0.39 is 36.3 Å². The quantitative estimate of drug-likeness (QED) is 0.629. The van der Waals surface area contributed by atoms with Crippen LogP contribution in [0.15, 0.2) is 24.3 Å². The van der Waals surface area contributed by atoms with Crippen molar-refractivity contribution in [3.05, 3.63) is 30.1 Å². The van der Waals surface area contributed by atoms with Gasteiger partial charge in [0.15, 0.2) is 0 Å². The van der Waals surface area contributed by atoms with Crippen molar-refractivity contribution in [2.45, 2.75) is 12.6 Å². The Hall–Kier alpha value is -2.32. The van der Waals surface area contributed by atoms with Crippen molar-refractivity contribution >= 4 is 11.8 Å². The normalized spacial score (nSPS) is 17.9. The number of carbonyl (C=O) groups excluding carboxylic acids is 2. The molecule has 1 aromatic rings. The Labute approximate surface area is 135 Å². The molecule has 1 N–H and O–H groups in total. The summed E-state index contributed by atoms with van der Waals surface area (Å²) in [5, 5.41) is 2.51. The molecule has 1 fully saturated rings. The van der Waals surface area contributed by atoms with Crippen LogP contribution in [0.2, 0.25) is 0 Å². The number of hydrogen-bond acceptors (Lipinski definition) is 3. The van der Waals surface area contributed by atoms with Crippen LogP contribution in [0.3, 0.4) is 0 Å². The van der Waals surface area contributed by atoms with Crippen molar-refractivity contribution in [2.24, 2.45) is 5.92 Å². The highest BCUT2D eigenvalue weighted by molar-refractivity contribution is 5.89. The molecule has 5 nitrogen and oxygen atoms in total. The van der Waals surface area contributed by atoms with Gasteiger partial charge in [0.1, 0.15) is 24.7 Å². The van der Waals surface area contributed by atoms with E-state index in [1.165, 1.54) is 24.3 Å². The smallest absolute Gasteiger partial charge is 0.406 e. The van der Waals surface area contributed by atoms with Crippen LogP contribution in [-0.4, -0.2) is 49.1 Å². The molecule has 24 heavy (non-hydrogen) atoms. The van der Waals surface area contributed by atoms with Crippen molar-refractivity contribution in [1.82, 2.24) is 10.2 Å². The Bertz CT molecular complexity index is 589. The number of carbonyl (C=O) groups is 2. The molecule has 1 aliphatic heterocycles. The van der Waals surface area contributed by atoms with Crippen LogP contribution in [-0.2, 0) is 9.59 Å². The SMILES string of the molecule is O=C(NCCOc1ccc(F)cc1)[C@H]1CC(=O)N(CC(F)(F)F)C1. The topological polar surface area (TPSA) is 58.6 Å². The Morgan fingerprint density at radius 2 is 1.96 bits per heavy atom. The molecule has 1 aliphatic rings. The summed E-state index contributed by atoms with van der Waals surface area (Å²) in [7, 11) is 0. The lowest BCUT2D eigenvalue weighted by molar-refractivity contribution is -0.157. The number of amides is 2. The van der Waals surface area contributed by atoms with E-state index in [0.717, 1.165) is 0 Å². The molecule has 0 unspecified atom stereocenters. The van der Waals surface area contributed by atoms with Crippen molar-refractivity contribution in [2.75, 3.05) is 26.2 Å². The Morgan fingerprint density at radius 1 is 1.29 bits per heavy atom. The van der Waals surface area contributed by atoms with E-state index in [0.29, 0.717) is 10.6 Å². The second kappa shape index (κ2) is 7.50. The molecule has 9 heteroatoms. The molecule has 0 aromatic heterocycles. The predicted octanol–water partition coefficient (Wildman–Crippen LogP) is 1.73. The summed E-state index contributed by atoms with van der Waals surface area (Å²) in [5.41, 5.74) is 0. The first-order valence-electron chi connectivity index (χ1n) is 7.25. The van der Waals surface area contributed by atoms with Crippen LogP contribution >= 0.6 is 0 Å². The summed E-state index contributed by atoms with van der Waals surface area (Å²) in [4.78, 5) is 24.0. The first-order valence-corrected chi connectivity index (χ1v) is 7.25. The number of rotatable bonds is 6. The molecule has 2 rings (SSSR count).